The van der Waals surface area contributed by atoms with E-state index >= 15 is 0 Å². The van der Waals surface area contributed by atoms with E-state index in [-0.39, 0.29) is 12.0 Å². The number of benzene rings is 1. The van der Waals surface area contributed by atoms with Crippen molar-refractivity contribution in [2.75, 3.05) is 13.1 Å². The summed E-state index contributed by atoms with van der Waals surface area (Å²) >= 11 is 3.37. The summed E-state index contributed by atoms with van der Waals surface area (Å²) in [6, 6.07) is 7.45. The minimum absolute atomic E-state index is 0.0711. The molecule has 0 bridgehead atoms. The smallest absolute Gasteiger partial charge is 0.253 e. The van der Waals surface area contributed by atoms with Crippen molar-refractivity contribution < 1.29 is 9.63 Å². The third kappa shape index (κ3) is 3.06. The van der Waals surface area contributed by atoms with Crippen molar-refractivity contribution in [3.05, 3.63) is 34.3 Å². The Labute approximate surface area is 109 Å². The molecule has 0 unspecified atom stereocenters. The van der Waals surface area contributed by atoms with Gasteiger partial charge in [0.05, 0.1) is 6.10 Å². The van der Waals surface area contributed by atoms with E-state index in [0.717, 1.165) is 17.3 Å². The van der Waals surface area contributed by atoms with Crippen LogP contribution in [0.15, 0.2) is 28.7 Å². The van der Waals surface area contributed by atoms with Crippen LogP contribution in [0.25, 0.3) is 0 Å². The lowest BCUT2D eigenvalue weighted by atomic mass is 10.1. The van der Waals surface area contributed by atoms with Crippen molar-refractivity contribution in [1.29, 1.82) is 0 Å². The molecule has 0 spiro atoms. The highest BCUT2D eigenvalue weighted by atomic mass is 79.9. The van der Waals surface area contributed by atoms with E-state index in [9.17, 15) is 4.79 Å². The first-order chi connectivity index (χ1) is 8.20. The van der Waals surface area contributed by atoms with Gasteiger partial charge in [-0.1, -0.05) is 22.0 Å². The van der Waals surface area contributed by atoms with Gasteiger partial charge in [-0.05, 0) is 31.0 Å². The molecular weight excluding hydrogens is 284 g/mol. The van der Waals surface area contributed by atoms with Crippen molar-refractivity contribution >= 4 is 21.8 Å². The van der Waals surface area contributed by atoms with Crippen LogP contribution in [-0.4, -0.2) is 30.0 Å². The Morgan fingerprint density at radius 3 is 2.71 bits per heavy atom. The van der Waals surface area contributed by atoms with Gasteiger partial charge in [-0.3, -0.25) is 4.79 Å². The number of amides is 1. The minimum atomic E-state index is 0.0711. The van der Waals surface area contributed by atoms with Gasteiger partial charge < -0.3 is 9.74 Å². The Bertz CT molecular complexity index is 403. The highest BCUT2D eigenvalue weighted by Gasteiger charge is 2.23. The summed E-state index contributed by atoms with van der Waals surface area (Å²) in [7, 11) is 0. The fraction of sp³-hybridized carbons (Fsp3) is 0.417. The van der Waals surface area contributed by atoms with Gasteiger partial charge in [-0.25, -0.2) is 5.90 Å². The van der Waals surface area contributed by atoms with E-state index in [0.29, 0.717) is 18.7 Å². The summed E-state index contributed by atoms with van der Waals surface area (Å²) in [6.07, 6.45) is 1.69. The van der Waals surface area contributed by atoms with Crippen LogP contribution in [0, 0.1) is 0 Å². The highest BCUT2D eigenvalue weighted by molar-refractivity contribution is 9.10. The zero-order valence-electron chi connectivity index (χ0n) is 9.43. The molecule has 1 aromatic rings. The maximum Gasteiger partial charge on any atom is 0.253 e. The number of rotatable bonds is 2. The Hall–Kier alpha value is -0.910. The predicted molar refractivity (Wildman–Crippen MR) is 68.3 cm³/mol. The first kappa shape index (κ1) is 12.5. The number of halogens is 1. The molecule has 1 amide bonds. The molecule has 0 saturated carbocycles. The molecule has 0 radical (unpaired) electrons. The first-order valence-corrected chi connectivity index (χ1v) is 6.40. The summed E-state index contributed by atoms with van der Waals surface area (Å²) in [5.74, 6) is 5.22. The number of likely N-dealkylation sites (tertiary alicyclic amines) is 1. The second kappa shape index (κ2) is 5.62. The minimum Gasteiger partial charge on any atom is -0.338 e. The zero-order valence-corrected chi connectivity index (χ0v) is 11.0. The van der Waals surface area contributed by atoms with E-state index in [1.807, 2.05) is 29.2 Å². The van der Waals surface area contributed by atoms with E-state index in [4.69, 9.17) is 10.7 Å². The van der Waals surface area contributed by atoms with Crippen LogP contribution in [-0.2, 0) is 4.84 Å². The van der Waals surface area contributed by atoms with Crippen molar-refractivity contribution in [3.63, 3.8) is 0 Å². The zero-order chi connectivity index (χ0) is 12.3. The van der Waals surface area contributed by atoms with Gasteiger partial charge in [-0.15, -0.1) is 0 Å². The first-order valence-electron chi connectivity index (χ1n) is 5.61. The molecular formula is C12H15BrN2O2. The molecule has 1 heterocycles. The molecule has 1 saturated heterocycles. The molecule has 5 heteroatoms. The van der Waals surface area contributed by atoms with Gasteiger partial charge in [0, 0.05) is 23.1 Å². The molecule has 1 fully saturated rings. The van der Waals surface area contributed by atoms with Crippen LogP contribution in [0.4, 0.5) is 0 Å². The SMILES string of the molecule is NOC1CCN(C(=O)c2cccc(Br)c2)CC1. The summed E-state index contributed by atoms with van der Waals surface area (Å²) in [4.78, 5) is 18.8. The second-order valence-electron chi connectivity index (χ2n) is 4.14. The number of carbonyl (C=O) groups is 1. The molecule has 0 aromatic heterocycles. The average Bonchev–Trinajstić information content (AvgIpc) is 2.38. The maximum absolute atomic E-state index is 12.2. The van der Waals surface area contributed by atoms with Crippen LogP contribution in [0.1, 0.15) is 23.2 Å². The van der Waals surface area contributed by atoms with Gasteiger partial charge >= 0.3 is 0 Å². The molecule has 1 aliphatic heterocycles. The summed E-state index contributed by atoms with van der Waals surface area (Å²) in [5, 5.41) is 0. The number of piperidine rings is 1. The van der Waals surface area contributed by atoms with Crippen LogP contribution in [0.3, 0.4) is 0 Å². The van der Waals surface area contributed by atoms with Crippen molar-refractivity contribution in [2.24, 2.45) is 5.90 Å². The normalized spacial score (nSPS) is 17.2. The molecule has 1 aromatic carbocycles. The fourth-order valence-corrected chi connectivity index (χ4v) is 2.40. The highest BCUT2D eigenvalue weighted by Crippen LogP contribution is 2.17. The van der Waals surface area contributed by atoms with Gasteiger partial charge in [-0.2, -0.15) is 0 Å². The third-order valence-corrected chi connectivity index (χ3v) is 3.49. The van der Waals surface area contributed by atoms with Crippen LogP contribution in [0.2, 0.25) is 0 Å². The lowest BCUT2D eigenvalue weighted by molar-refractivity contribution is 0.00781. The van der Waals surface area contributed by atoms with Crippen LogP contribution < -0.4 is 5.90 Å². The van der Waals surface area contributed by atoms with E-state index in [1.165, 1.54) is 0 Å². The lowest BCUT2D eigenvalue weighted by Crippen LogP contribution is -2.41. The quantitative estimate of drug-likeness (QED) is 0.849. The molecule has 2 N–H and O–H groups in total. The van der Waals surface area contributed by atoms with Crippen LogP contribution in [0.5, 0.6) is 0 Å². The van der Waals surface area contributed by atoms with Crippen molar-refractivity contribution in [1.82, 2.24) is 4.90 Å². The second-order valence-corrected chi connectivity index (χ2v) is 5.05. The molecule has 17 heavy (non-hydrogen) atoms. The Morgan fingerprint density at radius 2 is 2.12 bits per heavy atom. The van der Waals surface area contributed by atoms with Gasteiger partial charge in [0.15, 0.2) is 0 Å². The van der Waals surface area contributed by atoms with E-state index < -0.39 is 0 Å². The van der Waals surface area contributed by atoms with Crippen LogP contribution >= 0.6 is 15.9 Å². The number of carbonyl (C=O) groups excluding carboxylic acids is 1. The number of nitrogens with two attached hydrogens (primary N) is 1. The summed E-state index contributed by atoms with van der Waals surface area (Å²) < 4.78 is 0.920. The molecule has 0 atom stereocenters. The standard InChI is InChI=1S/C12H15BrN2O2/c13-10-3-1-2-9(8-10)12(16)15-6-4-11(17-14)5-7-15/h1-3,8,11H,4-7,14H2. The monoisotopic (exact) mass is 298 g/mol. The van der Waals surface area contributed by atoms with Gasteiger partial charge in [0.1, 0.15) is 0 Å². The molecule has 1 aliphatic rings. The third-order valence-electron chi connectivity index (χ3n) is 2.99. The Morgan fingerprint density at radius 1 is 1.41 bits per heavy atom. The number of nitrogens with zero attached hydrogens (tertiary/aromatic N) is 1. The van der Waals surface area contributed by atoms with E-state index in [2.05, 4.69) is 15.9 Å². The van der Waals surface area contributed by atoms with E-state index in [1.54, 1.807) is 0 Å². The number of hydrogen-bond acceptors (Lipinski definition) is 3. The maximum atomic E-state index is 12.2. The fourth-order valence-electron chi connectivity index (χ4n) is 2.00. The Kier molecular flexibility index (Phi) is 4.15. The van der Waals surface area contributed by atoms with Crippen molar-refractivity contribution in [3.8, 4) is 0 Å². The molecule has 2 rings (SSSR count). The molecule has 92 valence electrons. The lowest BCUT2D eigenvalue weighted by Gasteiger charge is -2.30. The average molecular weight is 299 g/mol. The summed E-state index contributed by atoms with van der Waals surface area (Å²) in [6.45, 7) is 1.40. The van der Waals surface area contributed by atoms with Gasteiger partial charge in [0.25, 0.3) is 5.91 Å². The largest absolute Gasteiger partial charge is 0.338 e. The van der Waals surface area contributed by atoms with Crippen molar-refractivity contribution in [2.45, 2.75) is 18.9 Å². The summed E-state index contributed by atoms with van der Waals surface area (Å²) in [5.41, 5.74) is 0.714. The topological polar surface area (TPSA) is 55.6 Å². The molecule has 4 nitrogen and oxygen atoms in total. The Balaban J connectivity index is 2.02. The number of hydrogen-bond donors (Lipinski definition) is 1. The predicted octanol–water partition coefficient (Wildman–Crippen LogP) is 1.94. The van der Waals surface area contributed by atoms with Gasteiger partial charge in [0.2, 0.25) is 0 Å². The molecule has 0 aliphatic carbocycles.